The van der Waals surface area contributed by atoms with Crippen molar-refractivity contribution in [1.82, 2.24) is 0 Å². The van der Waals surface area contributed by atoms with Crippen LogP contribution in [0, 0.1) is 0 Å². The van der Waals surface area contributed by atoms with Crippen molar-refractivity contribution >= 4 is 0 Å². The van der Waals surface area contributed by atoms with Crippen molar-refractivity contribution in [3.63, 3.8) is 0 Å². The molecule has 2 rings (SSSR count). The average Bonchev–Trinajstić information content (AvgIpc) is 2.88. The molecule has 0 aromatic heterocycles. The van der Waals surface area contributed by atoms with Crippen molar-refractivity contribution in [3.05, 3.63) is 0 Å². The summed E-state index contributed by atoms with van der Waals surface area (Å²) in [5, 5.41) is 0. The van der Waals surface area contributed by atoms with E-state index in [4.69, 9.17) is 23.7 Å². The summed E-state index contributed by atoms with van der Waals surface area (Å²) in [6.45, 7) is 10.1. The number of unbranched alkanes of at least 4 members (excludes halogenated alkanes) is 2. The highest BCUT2D eigenvalue weighted by atomic mass is 16.8. The second kappa shape index (κ2) is 7.88. The smallest absolute Gasteiger partial charge is 0.190 e. The molecule has 2 fully saturated rings. The molecule has 2 aliphatic rings. The SMILES string of the molecule is CCCCOC[C@H]1O[C@@H]2OC(C)(C)O[C@@H]2[C@@H]1OCCCC. The second-order valence-corrected chi connectivity index (χ2v) is 6.26. The van der Waals surface area contributed by atoms with Crippen LogP contribution in [-0.4, -0.2) is 50.2 Å². The largest absolute Gasteiger partial charge is 0.379 e. The molecule has 0 amide bonds. The first kappa shape index (κ1) is 17.2. The quantitative estimate of drug-likeness (QED) is 0.613. The lowest BCUT2D eigenvalue weighted by Gasteiger charge is -2.25. The summed E-state index contributed by atoms with van der Waals surface area (Å²) in [7, 11) is 0. The van der Waals surface area contributed by atoms with Crippen molar-refractivity contribution in [1.29, 1.82) is 0 Å². The van der Waals surface area contributed by atoms with Crippen LogP contribution in [0.4, 0.5) is 0 Å². The first-order valence-corrected chi connectivity index (χ1v) is 8.28. The number of ether oxygens (including phenoxy) is 5. The zero-order valence-electron chi connectivity index (χ0n) is 13.8. The van der Waals surface area contributed by atoms with Gasteiger partial charge in [-0.1, -0.05) is 26.7 Å². The maximum atomic E-state index is 6.01. The Labute approximate surface area is 128 Å². The van der Waals surface area contributed by atoms with E-state index in [1.807, 2.05) is 13.8 Å². The summed E-state index contributed by atoms with van der Waals surface area (Å²) in [5.74, 6) is -0.601. The van der Waals surface area contributed by atoms with Gasteiger partial charge in [0.25, 0.3) is 0 Å². The third kappa shape index (κ3) is 4.63. The van der Waals surface area contributed by atoms with Gasteiger partial charge in [0.15, 0.2) is 12.1 Å². The van der Waals surface area contributed by atoms with E-state index in [1.165, 1.54) is 0 Å². The van der Waals surface area contributed by atoms with Crippen LogP contribution in [0.2, 0.25) is 0 Å². The van der Waals surface area contributed by atoms with Gasteiger partial charge in [-0.15, -0.1) is 0 Å². The molecule has 5 heteroatoms. The standard InChI is InChI=1S/C16H30O5/c1-5-7-9-17-11-12-13(18-10-8-6-2)14-15(19-12)21-16(3,4)20-14/h12-15H,5-11H2,1-4H3/t12-,13-,14-,15-/m1/s1. The van der Waals surface area contributed by atoms with Crippen LogP contribution in [0.3, 0.4) is 0 Å². The van der Waals surface area contributed by atoms with Gasteiger partial charge in [-0.2, -0.15) is 0 Å². The fourth-order valence-electron chi connectivity index (χ4n) is 2.69. The predicted octanol–water partition coefficient (Wildman–Crippen LogP) is 2.86. The maximum absolute atomic E-state index is 6.01. The minimum Gasteiger partial charge on any atom is -0.379 e. The Balaban J connectivity index is 1.87. The van der Waals surface area contributed by atoms with Crippen LogP contribution in [0.5, 0.6) is 0 Å². The summed E-state index contributed by atoms with van der Waals surface area (Å²) in [6.07, 6.45) is 3.65. The van der Waals surface area contributed by atoms with E-state index in [2.05, 4.69) is 13.8 Å². The summed E-state index contributed by atoms with van der Waals surface area (Å²) in [6, 6.07) is 0. The fourth-order valence-corrected chi connectivity index (χ4v) is 2.69. The number of hydrogen-bond donors (Lipinski definition) is 0. The summed E-state index contributed by atoms with van der Waals surface area (Å²) in [4.78, 5) is 0. The van der Waals surface area contributed by atoms with Gasteiger partial charge < -0.3 is 23.7 Å². The van der Waals surface area contributed by atoms with Gasteiger partial charge in [0, 0.05) is 13.2 Å². The summed E-state index contributed by atoms with van der Waals surface area (Å²) >= 11 is 0. The Kier molecular flexibility index (Phi) is 6.44. The molecule has 5 nitrogen and oxygen atoms in total. The molecule has 0 radical (unpaired) electrons. The predicted molar refractivity (Wildman–Crippen MR) is 79.1 cm³/mol. The highest BCUT2D eigenvalue weighted by Crippen LogP contribution is 2.38. The summed E-state index contributed by atoms with van der Waals surface area (Å²) < 4.78 is 29.4. The third-order valence-electron chi connectivity index (χ3n) is 3.82. The molecule has 0 bridgehead atoms. The Morgan fingerprint density at radius 1 is 1.00 bits per heavy atom. The van der Waals surface area contributed by atoms with Gasteiger partial charge in [0.1, 0.15) is 18.3 Å². The molecule has 2 heterocycles. The molecule has 4 atom stereocenters. The second-order valence-electron chi connectivity index (χ2n) is 6.26. The maximum Gasteiger partial charge on any atom is 0.190 e. The van der Waals surface area contributed by atoms with Crippen LogP contribution in [0.15, 0.2) is 0 Å². The third-order valence-corrected chi connectivity index (χ3v) is 3.82. The van der Waals surface area contributed by atoms with Crippen molar-refractivity contribution in [2.75, 3.05) is 19.8 Å². The number of fused-ring (bicyclic) bond motifs is 1. The zero-order chi connectivity index (χ0) is 15.3. The van der Waals surface area contributed by atoms with E-state index in [0.29, 0.717) is 6.61 Å². The lowest BCUT2D eigenvalue weighted by molar-refractivity contribution is -0.223. The van der Waals surface area contributed by atoms with Crippen molar-refractivity contribution in [2.24, 2.45) is 0 Å². The molecule has 0 saturated carbocycles. The highest BCUT2D eigenvalue weighted by molar-refractivity contribution is 4.94. The molecule has 0 aromatic carbocycles. The van der Waals surface area contributed by atoms with Gasteiger partial charge in [0.05, 0.1) is 6.61 Å². The van der Waals surface area contributed by atoms with E-state index < -0.39 is 5.79 Å². The van der Waals surface area contributed by atoms with Crippen LogP contribution < -0.4 is 0 Å². The average molecular weight is 302 g/mol. The van der Waals surface area contributed by atoms with Gasteiger partial charge in [-0.3, -0.25) is 0 Å². The molecule has 2 saturated heterocycles. The topological polar surface area (TPSA) is 46.2 Å². The minimum atomic E-state index is -0.601. The molecule has 0 N–H and O–H groups in total. The lowest BCUT2D eigenvalue weighted by atomic mass is 10.1. The molecule has 2 aliphatic heterocycles. The highest BCUT2D eigenvalue weighted by Gasteiger charge is 2.55. The van der Waals surface area contributed by atoms with Gasteiger partial charge in [-0.25, -0.2) is 0 Å². The van der Waals surface area contributed by atoms with E-state index in [1.54, 1.807) is 0 Å². The van der Waals surface area contributed by atoms with Crippen molar-refractivity contribution in [2.45, 2.75) is 83.8 Å². The summed E-state index contributed by atoms with van der Waals surface area (Å²) in [5.41, 5.74) is 0. The normalized spacial score (nSPS) is 34.3. The molecule has 0 aliphatic carbocycles. The molecular weight excluding hydrogens is 272 g/mol. The number of rotatable bonds is 9. The zero-order valence-corrected chi connectivity index (χ0v) is 13.8. The van der Waals surface area contributed by atoms with Gasteiger partial charge in [-0.05, 0) is 26.7 Å². The Bertz CT molecular complexity index is 307. The minimum absolute atomic E-state index is 0.107. The first-order chi connectivity index (χ1) is 10.1. The van der Waals surface area contributed by atoms with Crippen molar-refractivity contribution < 1.29 is 23.7 Å². The van der Waals surface area contributed by atoms with Crippen LogP contribution in [-0.2, 0) is 23.7 Å². The molecular formula is C16H30O5. The van der Waals surface area contributed by atoms with Crippen LogP contribution in [0.1, 0.15) is 53.4 Å². The monoisotopic (exact) mass is 302 g/mol. The lowest BCUT2D eigenvalue weighted by Crippen LogP contribution is -2.39. The van der Waals surface area contributed by atoms with E-state index in [9.17, 15) is 0 Å². The Hall–Kier alpha value is -0.200. The molecule has 0 spiro atoms. The molecule has 0 aromatic rings. The van der Waals surface area contributed by atoms with E-state index in [-0.39, 0.29) is 24.6 Å². The number of hydrogen-bond acceptors (Lipinski definition) is 5. The van der Waals surface area contributed by atoms with E-state index in [0.717, 1.165) is 38.9 Å². The molecule has 21 heavy (non-hydrogen) atoms. The van der Waals surface area contributed by atoms with E-state index >= 15 is 0 Å². The Morgan fingerprint density at radius 3 is 2.43 bits per heavy atom. The van der Waals surface area contributed by atoms with Gasteiger partial charge in [0.2, 0.25) is 0 Å². The van der Waals surface area contributed by atoms with Crippen molar-refractivity contribution in [3.8, 4) is 0 Å². The molecule has 0 unspecified atom stereocenters. The van der Waals surface area contributed by atoms with Gasteiger partial charge >= 0.3 is 0 Å². The fraction of sp³-hybridized carbons (Fsp3) is 1.00. The first-order valence-electron chi connectivity index (χ1n) is 8.28. The van der Waals surface area contributed by atoms with Crippen LogP contribution in [0.25, 0.3) is 0 Å². The Morgan fingerprint density at radius 2 is 1.71 bits per heavy atom. The van der Waals surface area contributed by atoms with Crippen LogP contribution >= 0.6 is 0 Å². The molecule has 124 valence electrons.